The van der Waals surface area contributed by atoms with Crippen LogP contribution < -0.4 is 0 Å². The van der Waals surface area contributed by atoms with Gasteiger partial charge >= 0.3 is 0 Å². The minimum Gasteiger partial charge on any atom is -0.0882 e. The maximum Gasteiger partial charge on any atom is -0.0260 e. The zero-order chi connectivity index (χ0) is 8.85. The lowest BCUT2D eigenvalue weighted by atomic mass is 9.95. The molecule has 0 bridgehead atoms. The van der Waals surface area contributed by atoms with Crippen LogP contribution >= 0.6 is 0 Å². The summed E-state index contributed by atoms with van der Waals surface area (Å²) in [5, 5.41) is 0. The monoisotopic (exact) mass is 154 g/mol. The van der Waals surface area contributed by atoms with Crippen LogP contribution in [0.3, 0.4) is 0 Å². The number of allylic oxidation sites excluding steroid dienone is 2. The lowest BCUT2D eigenvalue weighted by molar-refractivity contribution is 0.559. The van der Waals surface area contributed by atoms with E-state index in [9.17, 15) is 0 Å². The van der Waals surface area contributed by atoms with Gasteiger partial charge in [0.25, 0.3) is 0 Å². The molecule has 66 valence electrons. The summed E-state index contributed by atoms with van der Waals surface area (Å²) in [4.78, 5) is 0. The van der Waals surface area contributed by atoms with E-state index in [1.54, 1.807) is 5.57 Å². The molecule has 0 atom stereocenters. The molecule has 0 saturated carbocycles. The maximum absolute atomic E-state index is 2.29. The van der Waals surface area contributed by atoms with Gasteiger partial charge in [-0.3, -0.25) is 0 Å². The quantitative estimate of drug-likeness (QED) is 0.536. The fourth-order valence-electron chi connectivity index (χ4n) is 1.22. The van der Waals surface area contributed by atoms with Crippen molar-refractivity contribution in [2.75, 3.05) is 0 Å². The Bertz CT molecular complexity index is 118. The normalized spacial score (nSPS) is 13.2. The van der Waals surface area contributed by atoms with Gasteiger partial charge in [-0.25, -0.2) is 0 Å². The average molecular weight is 154 g/mol. The van der Waals surface area contributed by atoms with Crippen molar-refractivity contribution in [2.24, 2.45) is 11.8 Å². The van der Waals surface area contributed by atoms with E-state index >= 15 is 0 Å². The molecular formula is C11H22. The van der Waals surface area contributed by atoms with Crippen molar-refractivity contribution in [1.29, 1.82) is 0 Å². The number of hydrogen-bond donors (Lipinski definition) is 0. The Morgan fingerprint density at radius 3 is 2.00 bits per heavy atom. The smallest absolute Gasteiger partial charge is 0.0260 e. The molecule has 0 heterocycles. The first-order chi connectivity index (χ1) is 5.07. The second-order valence-electron chi connectivity index (χ2n) is 3.95. The highest BCUT2D eigenvalue weighted by Crippen LogP contribution is 2.18. The first-order valence-electron chi connectivity index (χ1n) is 4.73. The summed E-state index contributed by atoms with van der Waals surface area (Å²) in [5.41, 5.74) is 1.61. The van der Waals surface area contributed by atoms with Crippen LogP contribution in [0.2, 0.25) is 0 Å². The standard InChI is InChI=1S/C11H22/c1-6-11(10(4)5)8-7-9(2)3/h6,9-10H,7-8H2,1-5H3/b11-6-. The first kappa shape index (κ1) is 10.7. The average Bonchev–Trinajstić information content (AvgIpc) is 1.87. The van der Waals surface area contributed by atoms with Gasteiger partial charge in [0.05, 0.1) is 0 Å². The summed E-state index contributed by atoms with van der Waals surface area (Å²) in [6.07, 6.45) is 4.89. The van der Waals surface area contributed by atoms with Crippen molar-refractivity contribution in [3.05, 3.63) is 11.6 Å². The SMILES string of the molecule is C/C=C(/CCC(C)C)C(C)C. The lowest BCUT2D eigenvalue weighted by Gasteiger charge is -2.11. The minimum atomic E-state index is 0.735. The molecule has 0 radical (unpaired) electrons. The third kappa shape index (κ3) is 5.06. The van der Waals surface area contributed by atoms with Gasteiger partial charge in [0.2, 0.25) is 0 Å². The highest BCUT2D eigenvalue weighted by atomic mass is 14.1. The van der Waals surface area contributed by atoms with E-state index in [4.69, 9.17) is 0 Å². The molecule has 11 heavy (non-hydrogen) atoms. The van der Waals surface area contributed by atoms with Gasteiger partial charge < -0.3 is 0 Å². The first-order valence-corrected chi connectivity index (χ1v) is 4.73. The van der Waals surface area contributed by atoms with Gasteiger partial charge in [0, 0.05) is 0 Å². The fourth-order valence-corrected chi connectivity index (χ4v) is 1.22. The van der Waals surface area contributed by atoms with Crippen molar-refractivity contribution < 1.29 is 0 Å². The summed E-state index contributed by atoms with van der Waals surface area (Å²) >= 11 is 0. The summed E-state index contributed by atoms with van der Waals surface area (Å²) in [6.45, 7) is 11.3. The minimum absolute atomic E-state index is 0.735. The molecule has 0 amide bonds. The number of rotatable bonds is 4. The second kappa shape index (κ2) is 5.40. The zero-order valence-corrected chi connectivity index (χ0v) is 8.65. The highest BCUT2D eigenvalue weighted by Gasteiger charge is 2.02. The summed E-state index contributed by atoms with van der Waals surface area (Å²) in [6, 6.07) is 0. The molecule has 0 aliphatic rings. The van der Waals surface area contributed by atoms with Crippen molar-refractivity contribution in [3.63, 3.8) is 0 Å². The Labute approximate surface area is 71.7 Å². The van der Waals surface area contributed by atoms with Crippen molar-refractivity contribution in [3.8, 4) is 0 Å². The summed E-state index contributed by atoms with van der Waals surface area (Å²) < 4.78 is 0. The van der Waals surface area contributed by atoms with Gasteiger partial charge in [-0.2, -0.15) is 0 Å². The molecular weight excluding hydrogens is 132 g/mol. The molecule has 0 aromatic heterocycles. The van der Waals surface area contributed by atoms with E-state index < -0.39 is 0 Å². The molecule has 0 spiro atoms. The fraction of sp³-hybridized carbons (Fsp3) is 0.818. The second-order valence-corrected chi connectivity index (χ2v) is 3.95. The van der Waals surface area contributed by atoms with Gasteiger partial charge in [0.15, 0.2) is 0 Å². The van der Waals surface area contributed by atoms with Crippen LogP contribution in [0, 0.1) is 11.8 Å². The van der Waals surface area contributed by atoms with Gasteiger partial charge in [-0.05, 0) is 31.6 Å². The molecule has 0 N–H and O–H groups in total. The lowest BCUT2D eigenvalue weighted by Crippen LogP contribution is -1.96. The summed E-state index contributed by atoms with van der Waals surface area (Å²) in [7, 11) is 0. The molecule has 0 fully saturated rings. The summed E-state index contributed by atoms with van der Waals surface area (Å²) in [5.74, 6) is 1.57. The largest absolute Gasteiger partial charge is 0.0882 e. The molecule has 0 unspecified atom stereocenters. The van der Waals surface area contributed by atoms with E-state index in [1.807, 2.05) is 0 Å². The molecule has 0 aliphatic carbocycles. The number of hydrogen-bond acceptors (Lipinski definition) is 0. The van der Waals surface area contributed by atoms with Gasteiger partial charge in [-0.1, -0.05) is 39.3 Å². The molecule has 0 aromatic carbocycles. The van der Waals surface area contributed by atoms with E-state index in [0.29, 0.717) is 0 Å². The third-order valence-electron chi connectivity index (χ3n) is 2.12. The predicted octanol–water partition coefficient (Wildman–Crippen LogP) is 4.02. The molecule has 0 aromatic rings. The Morgan fingerprint density at radius 1 is 1.18 bits per heavy atom. The Balaban J connectivity index is 3.72. The van der Waals surface area contributed by atoms with E-state index in [1.165, 1.54) is 12.8 Å². The van der Waals surface area contributed by atoms with E-state index in [-0.39, 0.29) is 0 Å². The Kier molecular flexibility index (Phi) is 5.27. The third-order valence-corrected chi connectivity index (χ3v) is 2.12. The van der Waals surface area contributed by atoms with Crippen molar-refractivity contribution >= 4 is 0 Å². The zero-order valence-electron chi connectivity index (χ0n) is 8.65. The molecule has 0 saturated heterocycles. The predicted molar refractivity (Wildman–Crippen MR) is 52.7 cm³/mol. The van der Waals surface area contributed by atoms with E-state index in [0.717, 1.165) is 11.8 Å². The molecule has 0 aliphatic heterocycles. The van der Waals surface area contributed by atoms with Crippen LogP contribution in [-0.4, -0.2) is 0 Å². The maximum atomic E-state index is 2.29. The van der Waals surface area contributed by atoms with Crippen LogP contribution in [0.25, 0.3) is 0 Å². The van der Waals surface area contributed by atoms with E-state index in [2.05, 4.69) is 40.7 Å². The highest BCUT2D eigenvalue weighted by molar-refractivity contribution is 5.02. The van der Waals surface area contributed by atoms with Crippen LogP contribution in [-0.2, 0) is 0 Å². The van der Waals surface area contributed by atoms with Crippen LogP contribution in [0.5, 0.6) is 0 Å². The Morgan fingerprint density at radius 2 is 1.73 bits per heavy atom. The van der Waals surface area contributed by atoms with Crippen molar-refractivity contribution in [2.45, 2.75) is 47.5 Å². The van der Waals surface area contributed by atoms with Crippen LogP contribution in [0.15, 0.2) is 11.6 Å². The molecule has 0 heteroatoms. The molecule has 0 nitrogen and oxygen atoms in total. The van der Waals surface area contributed by atoms with Gasteiger partial charge in [-0.15, -0.1) is 0 Å². The van der Waals surface area contributed by atoms with Crippen LogP contribution in [0.4, 0.5) is 0 Å². The van der Waals surface area contributed by atoms with Crippen LogP contribution in [0.1, 0.15) is 47.5 Å². The van der Waals surface area contributed by atoms with Crippen molar-refractivity contribution in [1.82, 2.24) is 0 Å². The van der Waals surface area contributed by atoms with Gasteiger partial charge in [0.1, 0.15) is 0 Å². The Hall–Kier alpha value is -0.260. The molecule has 0 rings (SSSR count). The topological polar surface area (TPSA) is 0 Å².